The Hall–Kier alpha value is -4.22. The van der Waals surface area contributed by atoms with Gasteiger partial charge < -0.3 is 36.0 Å². The number of carbonyl (C=O) groups is 5. The van der Waals surface area contributed by atoms with E-state index in [9.17, 15) is 24.0 Å². The number of amides is 3. The Balaban J connectivity index is 1.47. The molecule has 2 aliphatic rings. The standard InChI is InChI=1S/C24H27N7O8S2/c1-24(2)16(21(36)39-23(28-13(32)9-25)38-20(35)11-7-5-4-6-8-11)31-18(34)15(19(31)41-24)29-17(33)14(30-37-3)12-10-40-22(26)27-12/h4-8,10,15-16,19,23H,9,25H2,1-3H3,(H2,26,27)(H,28,32)(H,29,33)/b30-14-/t15-,16-,19+,23?/m0/s1. The summed E-state index contributed by atoms with van der Waals surface area (Å²) >= 11 is 2.36. The third-order valence-electron chi connectivity index (χ3n) is 6.02. The molecular weight excluding hydrogens is 578 g/mol. The predicted molar refractivity (Wildman–Crippen MR) is 147 cm³/mol. The zero-order valence-corrected chi connectivity index (χ0v) is 23.7. The molecule has 1 aromatic heterocycles. The van der Waals surface area contributed by atoms with Gasteiger partial charge in [0.15, 0.2) is 10.8 Å². The Morgan fingerprint density at radius 3 is 2.51 bits per heavy atom. The van der Waals surface area contributed by atoms with Crippen LogP contribution in [0.4, 0.5) is 5.13 Å². The van der Waals surface area contributed by atoms with Gasteiger partial charge in [-0.3, -0.25) is 19.7 Å². The summed E-state index contributed by atoms with van der Waals surface area (Å²) in [5.41, 5.74) is 11.2. The summed E-state index contributed by atoms with van der Waals surface area (Å²) < 4.78 is 9.68. The van der Waals surface area contributed by atoms with E-state index < -0.39 is 64.8 Å². The molecule has 15 nitrogen and oxygen atoms in total. The van der Waals surface area contributed by atoms with Crippen molar-refractivity contribution >= 4 is 63.6 Å². The number of thiazole rings is 1. The number of β-lactam (4-membered cyclic amide) rings is 1. The highest BCUT2D eigenvalue weighted by atomic mass is 32.2. The monoisotopic (exact) mass is 605 g/mol. The zero-order chi connectivity index (χ0) is 29.9. The van der Waals surface area contributed by atoms with Crippen molar-refractivity contribution in [3.8, 4) is 0 Å². The van der Waals surface area contributed by atoms with Crippen molar-refractivity contribution in [3.05, 3.63) is 47.0 Å². The van der Waals surface area contributed by atoms with Gasteiger partial charge in [-0.05, 0) is 26.0 Å². The van der Waals surface area contributed by atoms with Crippen LogP contribution in [0.15, 0.2) is 40.9 Å². The highest BCUT2D eigenvalue weighted by molar-refractivity contribution is 8.01. The number of nitrogens with one attached hydrogen (secondary N) is 2. The first-order valence-electron chi connectivity index (χ1n) is 12.1. The topological polar surface area (TPSA) is 218 Å². The molecule has 4 rings (SSSR count). The minimum absolute atomic E-state index is 0.153. The van der Waals surface area contributed by atoms with Crippen LogP contribution in [0, 0.1) is 0 Å². The molecule has 3 amide bonds. The molecule has 1 aromatic carbocycles. The molecule has 2 aliphatic heterocycles. The minimum Gasteiger partial charge on any atom is -0.404 e. The van der Waals surface area contributed by atoms with E-state index in [1.54, 1.807) is 32.0 Å². The molecule has 17 heteroatoms. The molecule has 3 heterocycles. The van der Waals surface area contributed by atoms with E-state index in [1.807, 2.05) is 0 Å². The molecule has 2 fully saturated rings. The molecule has 0 spiro atoms. The maximum atomic E-state index is 13.4. The van der Waals surface area contributed by atoms with Crippen LogP contribution in [0.2, 0.25) is 0 Å². The Kier molecular flexibility index (Phi) is 8.79. The fourth-order valence-electron chi connectivity index (χ4n) is 4.21. The van der Waals surface area contributed by atoms with Crippen LogP contribution < -0.4 is 22.1 Å². The smallest absolute Gasteiger partial charge is 0.342 e. The summed E-state index contributed by atoms with van der Waals surface area (Å²) in [6.45, 7) is 2.97. The summed E-state index contributed by atoms with van der Waals surface area (Å²) in [6, 6.07) is 5.73. The average Bonchev–Trinajstić information content (AvgIpc) is 3.48. The SMILES string of the molecule is CO/N=C(\C(=O)N[C@H]1C(=O)N2[C@@H]1SC(C)(C)[C@@H]2C(=O)OC(NC(=O)CN)OC(=O)c1ccccc1)c1csc(N)n1. The Morgan fingerprint density at radius 2 is 1.90 bits per heavy atom. The molecule has 218 valence electrons. The second kappa shape index (κ2) is 12.1. The number of fused-ring (bicyclic) bond motifs is 1. The molecule has 2 saturated heterocycles. The van der Waals surface area contributed by atoms with Crippen LogP contribution in [0.1, 0.15) is 29.9 Å². The van der Waals surface area contributed by atoms with Crippen LogP contribution in [0.25, 0.3) is 0 Å². The Labute approximate surface area is 241 Å². The van der Waals surface area contributed by atoms with Crippen LogP contribution >= 0.6 is 23.1 Å². The highest BCUT2D eigenvalue weighted by Crippen LogP contribution is 2.51. The van der Waals surface area contributed by atoms with Crippen molar-refractivity contribution in [1.82, 2.24) is 20.5 Å². The Bertz CT molecular complexity index is 1380. The van der Waals surface area contributed by atoms with E-state index in [1.165, 1.54) is 41.3 Å². The molecule has 1 unspecified atom stereocenters. The highest BCUT2D eigenvalue weighted by Gasteiger charge is 2.65. The first kappa shape index (κ1) is 29.8. The summed E-state index contributed by atoms with van der Waals surface area (Å²) in [5, 5.41) is 9.66. The van der Waals surface area contributed by atoms with Gasteiger partial charge >= 0.3 is 18.4 Å². The van der Waals surface area contributed by atoms with Gasteiger partial charge in [0.25, 0.3) is 5.91 Å². The molecule has 0 radical (unpaired) electrons. The summed E-state index contributed by atoms with van der Waals surface area (Å²) in [5.74, 6) is -3.83. The van der Waals surface area contributed by atoms with E-state index in [-0.39, 0.29) is 22.1 Å². The van der Waals surface area contributed by atoms with Crippen molar-refractivity contribution in [2.75, 3.05) is 19.4 Å². The number of rotatable bonds is 10. The molecular formula is C24H27N7O8S2. The van der Waals surface area contributed by atoms with Crippen LogP contribution in [-0.4, -0.2) is 87.5 Å². The average molecular weight is 606 g/mol. The van der Waals surface area contributed by atoms with E-state index in [2.05, 4.69) is 20.8 Å². The summed E-state index contributed by atoms with van der Waals surface area (Å²) in [6.07, 6.45) is -1.81. The van der Waals surface area contributed by atoms with Crippen molar-refractivity contribution in [2.45, 2.75) is 42.5 Å². The van der Waals surface area contributed by atoms with Crippen molar-refractivity contribution in [2.24, 2.45) is 10.9 Å². The molecule has 6 N–H and O–H groups in total. The molecule has 2 aromatic rings. The summed E-state index contributed by atoms with van der Waals surface area (Å²) in [7, 11) is 1.26. The number of thioether (sulfide) groups is 1. The fraction of sp³-hybridized carbons (Fsp3) is 0.375. The number of ether oxygens (including phenoxy) is 2. The predicted octanol–water partition coefficient (Wildman–Crippen LogP) is -0.618. The van der Waals surface area contributed by atoms with E-state index in [0.717, 1.165) is 11.3 Å². The number of aromatic nitrogens is 1. The fourth-order valence-corrected chi connectivity index (χ4v) is 6.38. The van der Waals surface area contributed by atoms with E-state index in [4.69, 9.17) is 25.8 Å². The number of benzene rings is 1. The maximum absolute atomic E-state index is 13.4. The van der Waals surface area contributed by atoms with Crippen LogP contribution in [0.3, 0.4) is 0 Å². The Morgan fingerprint density at radius 1 is 1.20 bits per heavy atom. The lowest BCUT2D eigenvalue weighted by atomic mass is 9.96. The van der Waals surface area contributed by atoms with E-state index in [0.29, 0.717) is 0 Å². The zero-order valence-electron chi connectivity index (χ0n) is 22.1. The first-order chi connectivity index (χ1) is 19.5. The number of hydrogen-bond donors (Lipinski definition) is 4. The minimum atomic E-state index is -1.81. The third kappa shape index (κ3) is 6.26. The lowest BCUT2D eigenvalue weighted by Gasteiger charge is -2.44. The second-order valence-electron chi connectivity index (χ2n) is 9.22. The van der Waals surface area contributed by atoms with Gasteiger partial charge in [-0.1, -0.05) is 23.4 Å². The lowest BCUT2D eigenvalue weighted by molar-refractivity contribution is -0.186. The van der Waals surface area contributed by atoms with Crippen LogP contribution in [0.5, 0.6) is 0 Å². The number of carbonyl (C=O) groups excluding carboxylic acids is 5. The third-order valence-corrected chi connectivity index (χ3v) is 8.27. The van der Waals surface area contributed by atoms with Gasteiger partial charge in [0.2, 0.25) is 11.8 Å². The van der Waals surface area contributed by atoms with Crippen LogP contribution in [-0.2, 0) is 33.5 Å². The number of nitrogens with two attached hydrogens (primary N) is 2. The first-order valence-corrected chi connectivity index (χ1v) is 13.8. The number of oxime groups is 1. The van der Waals surface area contributed by atoms with Crippen molar-refractivity contribution in [1.29, 1.82) is 0 Å². The van der Waals surface area contributed by atoms with Gasteiger partial charge in [0.1, 0.15) is 30.3 Å². The quantitative estimate of drug-likeness (QED) is 0.0876. The molecule has 41 heavy (non-hydrogen) atoms. The molecule has 0 aliphatic carbocycles. The van der Waals surface area contributed by atoms with Gasteiger partial charge in [-0.25, -0.2) is 14.6 Å². The number of nitrogens with zero attached hydrogens (tertiary/aromatic N) is 3. The lowest BCUT2D eigenvalue weighted by Crippen LogP contribution is -2.71. The number of nitrogen functional groups attached to an aromatic ring is 1. The van der Waals surface area contributed by atoms with Crippen molar-refractivity contribution < 1.29 is 38.3 Å². The van der Waals surface area contributed by atoms with Gasteiger partial charge in [-0.15, -0.1) is 23.1 Å². The normalized spacial score (nSPS) is 21.7. The van der Waals surface area contributed by atoms with Crippen molar-refractivity contribution in [3.63, 3.8) is 0 Å². The number of anilines is 1. The molecule has 0 bridgehead atoms. The number of hydrogen-bond acceptors (Lipinski definition) is 14. The number of esters is 2. The maximum Gasteiger partial charge on any atom is 0.342 e. The second-order valence-corrected chi connectivity index (χ2v) is 11.9. The molecule has 0 saturated carbocycles. The van der Waals surface area contributed by atoms with Gasteiger partial charge in [-0.2, -0.15) is 0 Å². The largest absolute Gasteiger partial charge is 0.404 e. The van der Waals surface area contributed by atoms with Gasteiger partial charge in [0, 0.05) is 10.1 Å². The van der Waals surface area contributed by atoms with Gasteiger partial charge in [0.05, 0.1) is 12.1 Å². The molecule has 4 atom stereocenters. The summed E-state index contributed by atoms with van der Waals surface area (Å²) in [4.78, 5) is 74.1. The van der Waals surface area contributed by atoms with E-state index >= 15 is 0 Å².